The van der Waals surface area contributed by atoms with Crippen molar-refractivity contribution in [2.24, 2.45) is 5.73 Å². The fraction of sp³-hybridized carbons (Fsp3) is 0. The van der Waals surface area contributed by atoms with Crippen molar-refractivity contribution in [2.45, 2.75) is 0 Å². The molecule has 70 valence electrons. The summed E-state index contributed by atoms with van der Waals surface area (Å²) in [7, 11) is 0. The Morgan fingerprint density at radius 2 is 2.07 bits per heavy atom. The van der Waals surface area contributed by atoms with Crippen LogP contribution in [0.3, 0.4) is 0 Å². The third kappa shape index (κ3) is 1.33. The molecule has 3 N–H and O–H groups in total. The highest BCUT2D eigenvalue weighted by Gasteiger charge is 2.08. The van der Waals surface area contributed by atoms with Gasteiger partial charge in [0.2, 0.25) is 0 Å². The van der Waals surface area contributed by atoms with Crippen LogP contribution in [0, 0.1) is 5.41 Å². The van der Waals surface area contributed by atoms with Gasteiger partial charge in [0.1, 0.15) is 17.9 Å². The molecule has 0 spiro atoms. The van der Waals surface area contributed by atoms with Crippen LogP contribution in [0.15, 0.2) is 31.1 Å². The molecule has 0 aliphatic rings. The largest absolute Gasteiger partial charge is 0.382 e. The number of hydrogen-bond donors (Lipinski definition) is 2. The van der Waals surface area contributed by atoms with Crippen molar-refractivity contribution in [3.63, 3.8) is 0 Å². The van der Waals surface area contributed by atoms with E-state index in [0.29, 0.717) is 11.5 Å². The maximum atomic E-state index is 7.32. The molecule has 0 aliphatic heterocycles. The zero-order chi connectivity index (χ0) is 9.97. The fourth-order valence-corrected chi connectivity index (χ4v) is 1.09. The summed E-state index contributed by atoms with van der Waals surface area (Å²) in [5, 5.41) is 7.32. The normalized spacial score (nSPS) is 10.0. The van der Waals surface area contributed by atoms with Gasteiger partial charge in [0.15, 0.2) is 5.82 Å². The number of aromatic nitrogens is 4. The van der Waals surface area contributed by atoms with Crippen LogP contribution in [0.2, 0.25) is 0 Å². The van der Waals surface area contributed by atoms with E-state index in [9.17, 15) is 0 Å². The Balaban J connectivity index is 2.58. The summed E-state index contributed by atoms with van der Waals surface area (Å²) < 4.78 is 1.66. The van der Waals surface area contributed by atoms with Gasteiger partial charge in [-0.15, -0.1) is 0 Å². The molecule has 6 heteroatoms. The van der Waals surface area contributed by atoms with Crippen molar-refractivity contribution in [1.82, 2.24) is 19.5 Å². The maximum Gasteiger partial charge on any atom is 0.167 e. The lowest BCUT2D eigenvalue weighted by molar-refractivity contribution is 0.960. The summed E-state index contributed by atoms with van der Waals surface area (Å²) in [4.78, 5) is 11.9. The summed E-state index contributed by atoms with van der Waals surface area (Å²) in [5.41, 5.74) is 5.72. The zero-order valence-corrected chi connectivity index (χ0v) is 7.25. The van der Waals surface area contributed by atoms with Crippen LogP contribution in [-0.2, 0) is 0 Å². The summed E-state index contributed by atoms with van der Waals surface area (Å²) in [5.74, 6) is 0.402. The van der Waals surface area contributed by atoms with Gasteiger partial charge in [-0.25, -0.2) is 15.0 Å². The maximum absolute atomic E-state index is 7.32. The Bertz CT molecular complexity index is 447. The molecule has 2 heterocycles. The van der Waals surface area contributed by atoms with Crippen LogP contribution in [-0.4, -0.2) is 25.4 Å². The van der Waals surface area contributed by atoms with Gasteiger partial charge in [-0.3, -0.25) is 9.98 Å². The highest BCUT2D eigenvalue weighted by molar-refractivity contribution is 5.95. The molecule has 2 rings (SSSR count). The number of nitrogen functional groups attached to an aromatic ring is 1. The van der Waals surface area contributed by atoms with Crippen molar-refractivity contribution in [2.75, 3.05) is 0 Å². The van der Waals surface area contributed by atoms with Crippen LogP contribution in [0.1, 0.15) is 5.69 Å². The molecule has 0 fully saturated rings. The molecule has 0 atom stereocenters. The minimum Gasteiger partial charge on any atom is -0.382 e. The molecule has 0 saturated heterocycles. The predicted octanol–water partition coefficient (Wildman–Crippen LogP) is -0.0536. The molecule has 0 amide bonds. The molecule has 0 radical (unpaired) electrons. The van der Waals surface area contributed by atoms with Crippen molar-refractivity contribution in [3.8, 4) is 5.82 Å². The number of rotatable bonds is 2. The first-order chi connectivity index (χ1) is 6.79. The predicted molar refractivity (Wildman–Crippen MR) is 50.2 cm³/mol. The van der Waals surface area contributed by atoms with Gasteiger partial charge in [-0.1, -0.05) is 0 Å². The number of hydrogen-bond acceptors (Lipinski definition) is 4. The molecule has 14 heavy (non-hydrogen) atoms. The van der Waals surface area contributed by atoms with E-state index >= 15 is 0 Å². The van der Waals surface area contributed by atoms with E-state index < -0.39 is 0 Å². The van der Waals surface area contributed by atoms with E-state index in [1.807, 2.05) is 0 Å². The molecule has 2 aromatic rings. The van der Waals surface area contributed by atoms with Crippen molar-refractivity contribution >= 4 is 5.84 Å². The van der Waals surface area contributed by atoms with E-state index in [1.165, 1.54) is 6.20 Å². The van der Waals surface area contributed by atoms with E-state index in [1.54, 1.807) is 29.5 Å². The van der Waals surface area contributed by atoms with Gasteiger partial charge in [-0.05, 0) is 0 Å². The van der Waals surface area contributed by atoms with Crippen LogP contribution in [0.4, 0.5) is 0 Å². The first-order valence-electron chi connectivity index (χ1n) is 3.93. The summed E-state index contributed by atoms with van der Waals surface area (Å²) >= 11 is 0. The number of amidine groups is 1. The molecule has 2 aromatic heterocycles. The molecule has 0 saturated carbocycles. The summed E-state index contributed by atoms with van der Waals surface area (Å²) in [6, 6.07) is 0. The number of nitrogens with zero attached hydrogens (tertiary/aromatic N) is 4. The monoisotopic (exact) mass is 188 g/mol. The summed E-state index contributed by atoms with van der Waals surface area (Å²) in [6.07, 6.45) is 7.96. The van der Waals surface area contributed by atoms with Crippen LogP contribution in [0.25, 0.3) is 5.82 Å². The molecule has 0 aromatic carbocycles. The molecule has 0 unspecified atom stereocenters. The first kappa shape index (κ1) is 8.36. The Morgan fingerprint density at radius 1 is 1.29 bits per heavy atom. The Morgan fingerprint density at radius 3 is 2.71 bits per heavy atom. The van der Waals surface area contributed by atoms with E-state index in [-0.39, 0.29) is 5.84 Å². The minimum absolute atomic E-state index is 0.109. The second-order valence-electron chi connectivity index (χ2n) is 2.61. The molecular formula is C8H8N6. The minimum atomic E-state index is -0.109. The average Bonchev–Trinajstić information content (AvgIpc) is 2.70. The van der Waals surface area contributed by atoms with Crippen molar-refractivity contribution < 1.29 is 0 Å². The lowest BCUT2D eigenvalue weighted by atomic mass is 10.4. The third-order valence-electron chi connectivity index (χ3n) is 1.68. The van der Waals surface area contributed by atoms with E-state index in [0.717, 1.165) is 0 Å². The topological polar surface area (TPSA) is 93.5 Å². The van der Waals surface area contributed by atoms with E-state index in [2.05, 4.69) is 15.0 Å². The van der Waals surface area contributed by atoms with Crippen molar-refractivity contribution in [3.05, 3.63) is 36.8 Å². The molecule has 0 bridgehead atoms. The highest BCUT2D eigenvalue weighted by atomic mass is 15.1. The smallest absolute Gasteiger partial charge is 0.167 e. The Kier molecular flexibility index (Phi) is 1.94. The van der Waals surface area contributed by atoms with Crippen LogP contribution in [0.5, 0.6) is 0 Å². The molecule has 6 nitrogen and oxygen atoms in total. The van der Waals surface area contributed by atoms with Crippen LogP contribution < -0.4 is 5.73 Å². The van der Waals surface area contributed by atoms with Crippen molar-refractivity contribution in [1.29, 1.82) is 5.41 Å². The molecule has 0 aliphatic carbocycles. The van der Waals surface area contributed by atoms with Gasteiger partial charge in [0.05, 0.1) is 0 Å². The standard InChI is InChI=1S/C8H8N6/c9-7(10)6-8(13-2-1-12-6)14-4-3-11-5-14/h1-5H,(H3,9,10). The SMILES string of the molecule is N=C(N)c1nccnc1-n1ccnc1. The quantitative estimate of drug-likeness (QED) is 0.510. The number of imidazole rings is 1. The Hall–Kier alpha value is -2.24. The second kappa shape index (κ2) is 3.25. The zero-order valence-electron chi connectivity index (χ0n) is 7.25. The Labute approximate surface area is 80.0 Å². The van der Waals surface area contributed by atoms with E-state index in [4.69, 9.17) is 11.1 Å². The number of nitrogens with two attached hydrogens (primary N) is 1. The summed E-state index contributed by atoms with van der Waals surface area (Å²) in [6.45, 7) is 0. The van der Waals surface area contributed by atoms with Gasteiger partial charge >= 0.3 is 0 Å². The molecular weight excluding hydrogens is 180 g/mol. The van der Waals surface area contributed by atoms with Gasteiger partial charge in [0.25, 0.3) is 0 Å². The van der Waals surface area contributed by atoms with Gasteiger partial charge in [0, 0.05) is 24.8 Å². The average molecular weight is 188 g/mol. The second-order valence-corrected chi connectivity index (χ2v) is 2.61. The lowest BCUT2D eigenvalue weighted by Crippen LogP contribution is -2.17. The van der Waals surface area contributed by atoms with Gasteiger partial charge in [-0.2, -0.15) is 0 Å². The lowest BCUT2D eigenvalue weighted by Gasteiger charge is -2.04. The number of nitrogens with one attached hydrogen (secondary N) is 1. The third-order valence-corrected chi connectivity index (χ3v) is 1.68. The highest BCUT2D eigenvalue weighted by Crippen LogP contribution is 2.06. The fourth-order valence-electron chi connectivity index (χ4n) is 1.09. The van der Waals surface area contributed by atoms with Gasteiger partial charge < -0.3 is 5.73 Å². The first-order valence-corrected chi connectivity index (χ1v) is 3.93. The van der Waals surface area contributed by atoms with Crippen LogP contribution >= 0.6 is 0 Å².